The Hall–Kier alpha value is 0. The van der Waals surface area contributed by atoms with Crippen molar-refractivity contribution in [2.45, 2.75) is 123 Å². The molecule has 0 atom stereocenters. The van der Waals surface area contributed by atoms with Crippen LogP contribution in [0.2, 0.25) is 0 Å². The summed E-state index contributed by atoms with van der Waals surface area (Å²) < 4.78 is 0. The van der Waals surface area contributed by atoms with Crippen molar-refractivity contribution in [2.24, 2.45) is 5.41 Å². The second-order valence-corrected chi connectivity index (χ2v) is 7.39. The van der Waals surface area contributed by atoms with Gasteiger partial charge in [-0.05, 0) is 31.1 Å². The lowest BCUT2D eigenvalue weighted by atomic mass is 9.70. The lowest BCUT2D eigenvalue weighted by Gasteiger charge is -2.35. The van der Waals surface area contributed by atoms with Gasteiger partial charge < -0.3 is 0 Å². The Labute approximate surface area is 129 Å². The van der Waals surface area contributed by atoms with Crippen molar-refractivity contribution in [3.8, 4) is 0 Å². The molecular weight excluding hydrogens is 240 g/mol. The fourth-order valence-electron chi connectivity index (χ4n) is 4.13. The Morgan fingerprint density at radius 3 is 1.35 bits per heavy atom. The van der Waals surface area contributed by atoms with E-state index < -0.39 is 0 Å². The van der Waals surface area contributed by atoms with Crippen LogP contribution in [0.3, 0.4) is 0 Å². The summed E-state index contributed by atoms with van der Waals surface area (Å²) >= 11 is 0. The summed E-state index contributed by atoms with van der Waals surface area (Å²) in [5.74, 6) is 0. The Morgan fingerprint density at radius 2 is 0.950 bits per heavy atom. The van der Waals surface area contributed by atoms with Gasteiger partial charge in [0.1, 0.15) is 0 Å². The van der Waals surface area contributed by atoms with Crippen molar-refractivity contribution < 1.29 is 0 Å². The predicted molar refractivity (Wildman–Crippen MR) is 92.3 cm³/mol. The topological polar surface area (TPSA) is 0 Å². The Kier molecular flexibility index (Phi) is 10.5. The van der Waals surface area contributed by atoms with E-state index in [1.165, 1.54) is 96.3 Å². The molecule has 0 aromatic heterocycles. The SMILES string of the molecule is CCCCCC1(CCCCC)CCCCCCCCC1. The van der Waals surface area contributed by atoms with E-state index in [1.807, 2.05) is 0 Å². The quantitative estimate of drug-likeness (QED) is 0.400. The van der Waals surface area contributed by atoms with Crippen LogP contribution in [0.4, 0.5) is 0 Å². The lowest BCUT2D eigenvalue weighted by Crippen LogP contribution is -2.22. The fourth-order valence-corrected chi connectivity index (χ4v) is 4.13. The summed E-state index contributed by atoms with van der Waals surface area (Å²) in [5, 5.41) is 0. The van der Waals surface area contributed by atoms with Gasteiger partial charge in [-0.1, -0.05) is 97.3 Å². The number of rotatable bonds is 8. The zero-order chi connectivity index (χ0) is 14.5. The number of unbranched alkanes of at least 4 members (excludes halogenated alkanes) is 4. The molecule has 0 aromatic carbocycles. The highest BCUT2D eigenvalue weighted by atomic mass is 14.3. The average Bonchev–Trinajstić information content (AvgIpc) is 2.46. The molecule has 0 heteroatoms. The molecule has 0 saturated heterocycles. The molecule has 1 rings (SSSR count). The minimum Gasteiger partial charge on any atom is -0.0654 e. The van der Waals surface area contributed by atoms with Crippen LogP contribution in [0.5, 0.6) is 0 Å². The maximum Gasteiger partial charge on any atom is -0.0297 e. The highest BCUT2D eigenvalue weighted by Gasteiger charge is 2.28. The van der Waals surface area contributed by atoms with Crippen molar-refractivity contribution in [3.63, 3.8) is 0 Å². The van der Waals surface area contributed by atoms with E-state index in [0.29, 0.717) is 0 Å². The van der Waals surface area contributed by atoms with Crippen molar-refractivity contribution in [2.75, 3.05) is 0 Å². The number of hydrogen-bond donors (Lipinski definition) is 0. The molecular formula is C20H40. The van der Waals surface area contributed by atoms with E-state index in [2.05, 4.69) is 13.8 Å². The maximum absolute atomic E-state index is 2.34. The lowest BCUT2D eigenvalue weighted by molar-refractivity contribution is 0.169. The van der Waals surface area contributed by atoms with Crippen molar-refractivity contribution in [1.29, 1.82) is 0 Å². The minimum atomic E-state index is 0.738. The molecule has 0 amide bonds. The largest absolute Gasteiger partial charge is 0.0654 e. The average molecular weight is 281 g/mol. The van der Waals surface area contributed by atoms with Crippen molar-refractivity contribution >= 4 is 0 Å². The first-order chi connectivity index (χ1) is 9.83. The van der Waals surface area contributed by atoms with Crippen LogP contribution in [-0.4, -0.2) is 0 Å². The highest BCUT2D eigenvalue weighted by molar-refractivity contribution is 4.80. The Bertz CT molecular complexity index is 177. The fraction of sp³-hybridized carbons (Fsp3) is 1.00. The van der Waals surface area contributed by atoms with E-state index in [1.54, 1.807) is 12.8 Å². The van der Waals surface area contributed by atoms with E-state index in [9.17, 15) is 0 Å². The van der Waals surface area contributed by atoms with Crippen LogP contribution in [0.15, 0.2) is 0 Å². The molecule has 0 heterocycles. The first-order valence-corrected chi connectivity index (χ1v) is 9.83. The molecule has 0 spiro atoms. The zero-order valence-corrected chi connectivity index (χ0v) is 14.5. The summed E-state index contributed by atoms with van der Waals surface area (Å²) in [7, 11) is 0. The monoisotopic (exact) mass is 280 g/mol. The summed E-state index contributed by atoms with van der Waals surface area (Å²) in [4.78, 5) is 0. The van der Waals surface area contributed by atoms with Gasteiger partial charge in [0.2, 0.25) is 0 Å². The van der Waals surface area contributed by atoms with E-state index in [-0.39, 0.29) is 0 Å². The molecule has 0 aliphatic heterocycles. The summed E-state index contributed by atoms with van der Waals surface area (Å²) in [6.07, 6.45) is 25.3. The van der Waals surface area contributed by atoms with Gasteiger partial charge in [0.05, 0.1) is 0 Å². The molecule has 0 nitrogen and oxygen atoms in total. The third kappa shape index (κ3) is 7.70. The van der Waals surface area contributed by atoms with Gasteiger partial charge >= 0.3 is 0 Å². The second-order valence-electron chi connectivity index (χ2n) is 7.39. The smallest absolute Gasteiger partial charge is 0.0297 e. The normalized spacial score (nSPS) is 20.7. The molecule has 20 heavy (non-hydrogen) atoms. The minimum absolute atomic E-state index is 0.738. The van der Waals surface area contributed by atoms with E-state index in [4.69, 9.17) is 0 Å². The van der Waals surface area contributed by atoms with Crippen LogP contribution < -0.4 is 0 Å². The van der Waals surface area contributed by atoms with Crippen LogP contribution in [0.1, 0.15) is 123 Å². The van der Waals surface area contributed by atoms with Gasteiger partial charge in [0, 0.05) is 0 Å². The van der Waals surface area contributed by atoms with Gasteiger partial charge in [-0.25, -0.2) is 0 Å². The molecule has 0 radical (unpaired) electrons. The third-order valence-corrected chi connectivity index (χ3v) is 5.54. The molecule has 120 valence electrons. The summed E-state index contributed by atoms with van der Waals surface area (Å²) in [5.41, 5.74) is 0.738. The third-order valence-electron chi connectivity index (χ3n) is 5.54. The van der Waals surface area contributed by atoms with Crippen molar-refractivity contribution in [1.82, 2.24) is 0 Å². The Morgan fingerprint density at radius 1 is 0.550 bits per heavy atom. The Balaban J connectivity index is 2.53. The van der Waals surface area contributed by atoms with Gasteiger partial charge in [-0.2, -0.15) is 0 Å². The van der Waals surface area contributed by atoms with Gasteiger partial charge in [0.25, 0.3) is 0 Å². The van der Waals surface area contributed by atoms with Crippen LogP contribution in [0, 0.1) is 5.41 Å². The van der Waals surface area contributed by atoms with E-state index >= 15 is 0 Å². The molecule has 1 aliphatic carbocycles. The second kappa shape index (κ2) is 11.6. The van der Waals surface area contributed by atoms with Crippen molar-refractivity contribution in [3.05, 3.63) is 0 Å². The molecule has 1 aliphatic rings. The predicted octanol–water partition coefficient (Wildman–Crippen LogP) is 7.66. The molecule has 1 saturated carbocycles. The first kappa shape index (κ1) is 18.1. The van der Waals surface area contributed by atoms with Crippen LogP contribution in [0.25, 0.3) is 0 Å². The maximum atomic E-state index is 2.34. The molecule has 0 aromatic rings. The number of hydrogen-bond acceptors (Lipinski definition) is 0. The molecule has 0 unspecified atom stereocenters. The molecule has 0 bridgehead atoms. The zero-order valence-electron chi connectivity index (χ0n) is 14.5. The van der Waals surface area contributed by atoms with Gasteiger partial charge in [-0.15, -0.1) is 0 Å². The standard InChI is InChI=1S/C20H40/c1-3-5-12-16-20(17-13-6-4-2)18-14-10-8-7-9-11-15-19-20/h3-19H2,1-2H3. The van der Waals surface area contributed by atoms with Gasteiger partial charge in [-0.3, -0.25) is 0 Å². The van der Waals surface area contributed by atoms with Crippen LogP contribution >= 0.6 is 0 Å². The van der Waals surface area contributed by atoms with E-state index in [0.717, 1.165) is 5.41 Å². The van der Waals surface area contributed by atoms with Gasteiger partial charge in [0.15, 0.2) is 0 Å². The van der Waals surface area contributed by atoms with Crippen LogP contribution in [-0.2, 0) is 0 Å². The highest BCUT2D eigenvalue weighted by Crippen LogP contribution is 2.42. The molecule has 1 fully saturated rings. The summed E-state index contributed by atoms with van der Waals surface area (Å²) in [6.45, 7) is 4.69. The summed E-state index contributed by atoms with van der Waals surface area (Å²) in [6, 6.07) is 0. The first-order valence-electron chi connectivity index (χ1n) is 9.83. The molecule has 0 N–H and O–H groups in total.